The summed E-state index contributed by atoms with van der Waals surface area (Å²) in [5.41, 5.74) is 2.40. The molecule has 0 N–H and O–H groups in total. The molecule has 0 bridgehead atoms. The number of benzene rings is 1. The fourth-order valence-electron chi connectivity index (χ4n) is 4.26. The van der Waals surface area contributed by atoms with E-state index in [1.807, 2.05) is 22.8 Å². The lowest BCUT2D eigenvalue weighted by Crippen LogP contribution is -2.42. The summed E-state index contributed by atoms with van der Waals surface area (Å²) in [7, 11) is 0. The minimum atomic E-state index is -0.174. The quantitative estimate of drug-likeness (QED) is 0.765. The lowest BCUT2D eigenvalue weighted by Gasteiger charge is -2.32. The Morgan fingerprint density at radius 2 is 1.96 bits per heavy atom. The minimum Gasteiger partial charge on any atom is -0.341 e. The van der Waals surface area contributed by atoms with E-state index in [0.29, 0.717) is 32.6 Å². The molecule has 2 heterocycles. The summed E-state index contributed by atoms with van der Waals surface area (Å²) >= 11 is 1.72. The van der Waals surface area contributed by atoms with Crippen LogP contribution < -0.4 is 0 Å². The van der Waals surface area contributed by atoms with E-state index in [4.69, 9.17) is 0 Å². The molecule has 0 unspecified atom stereocenters. The van der Waals surface area contributed by atoms with Gasteiger partial charge in [-0.05, 0) is 48.8 Å². The first-order valence-corrected chi connectivity index (χ1v) is 11.2. The predicted molar refractivity (Wildman–Crippen MR) is 113 cm³/mol. The molecule has 2 fully saturated rings. The van der Waals surface area contributed by atoms with E-state index in [1.54, 1.807) is 11.3 Å². The maximum absolute atomic E-state index is 13.2. The average Bonchev–Trinajstić information content (AvgIpc) is 3.14. The molecule has 148 valence electrons. The van der Waals surface area contributed by atoms with Gasteiger partial charge in [-0.2, -0.15) is 0 Å². The van der Waals surface area contributed by atoms with Gasteiger partial charge in [0.25, 0.3) is 0 Å². The van der Waals surface area contributed by atoms with Gasteiger partial charge in [0.1, 0.15) is 0 Å². The number of amides is 2. The van der Waals surface area contributed by atoms with Crippen LogP contribution in [0.25, 0.3) is 10.4 Å². The Morgan fingerprint density at radius 1 is 1.14 bits per heavy atom. The van der Waals surface area contributed by atoms with Gasteiger partial charge >= 0.3 is 0 Å². The van der Waals surface area contributed by atoms with Crippen LogP contribution in [0.3, 0.4) is 0 Å². The highest BCUT2D eigenvalue weighted by Crippen LogP contribution is 2.32. The molecule has 0 radical (unpaired) electrons. The summed E-state index contributed by atoms with van der Waals surface area (Å²) in [6.45, 7) is 4.59. The maximum Gasteiger partial charge on any atom is 0.227 e. The van der Waals surface area contributed by atoms with Gasteiger partial charge in [0, 0.05) is 37.0 Å². The summed E-state index contributed by atoms with van der Waals surface area (Å²) in [5.74, 6) is 0.454. The van der Waals surface area contributed by atoms with E-state index in [-0.39, 0.29) is 23.7 Å². The molecule has 4 nitrogen and oxygen atoms in total. The van der Waals surface area contributed by atoms with E-state index in [2.05, 4.69) is 35.7 Å². The average molecular weight is 397 g/mol. The number of carbonyl (C=O) groups is 2. The number of rotatable bonds is 5. The van der Waals surface area contributed by atoms with Crippen LogP contribution in [0.5, 0.6) is 0 Å². The van der Waals surface area contributed by atoms with Crippen molar-refractivity contribution in [1.29, 1.82) is 0 Å². The van der Waals surface area contributed by atoms with Gasteiger partial charge < -0.3 is 9.80 Å². The highest BCUT2D eigenvalue weighted by atomic mass is 32.1. The first-order valence-electron chi connectivity index (χ1n) is 10.4. The third-order valence-corrected chi connectivity index (χ3v) is 7.06. The van der Waals surface area contributed by atoms with E-state index in [1.165, 1.54) is 16.0 Å². The van der Waals surface area contributed by atoms with Crippen LogP contribution in [0, 0.1) is 11.8 Å². The molecule has 1 aromatic carbocycles. The Hall–Kier alpha value is -2.14. The summed E-state index contributed by atoms with van der Waals surface area (Å²) in [6.07, 6.45) is 3.85. The predicted octanol–water partition coefficient (Wildman–Crippen LogP) is 4.06. The molecular weight excluding hydrogens is 368 g/mol. The highest BCUT2D eigenvalue weighted by Gasteiger charge is 2.36. The number of nitrogens with zero attached hydrogens (tertiary/aromatic N) is 2. The van der Waals surface area contributed by atoms with Gasteiger partial charge in [-0.25, -0.2) is 0 Å². The Balaban J connectivity index is 1.59. The number of thiophene rings is 1. The fraction of sp³-hybridized carbons (Fsp3) is 0.478. The molecule has 2 aromatic rings. The Labute approximate surface area is 171 Å². The third kappa shape index (κ3) is 3.86. The van der Waals surface area contributed by atoms with Crippen LogP contribution in [-0.2, 0) is 16.0 Å². The largest absolute Gasteiger partial charge is 0.341 e. The minimum absolute atomic E-state index is 0.174. The van der Waals surface area contributed by atoms with Gasteiger partial charge in [-0.1, -0.05) is 36.8 Å². The van der Waals surface area contributed by atoms with Crippen molar-refractivity contribution in [3.63, 3.8) is 0 Å². The zero-order valence-corrected chi connectivity index (χ0v) is 17.3. The molecule has 1 aliphatic heterocycles. The number of hydrogen-bond donors (Lipinski definition) is 0. The van der Waals surface area contributed by atoms with Crippen molar-refractivity contribution in [2.24, 2.45) is 11.8 Å². The van der Waals surface area contributed by atoms with Gasteiger partial charge in [0.05, 0.1) is 5.92 Å². The number of likely N-dealkylation sites (N-methyl/N-ethyl adjacent to an activating group) is 1. The summed E-state index contributed by atoms with van der Waals surface area (Å²) in [4.78, 5) is 31.2. The van der Waals surface area contributed by atoms with Crippen molar-refractivity contribution < 1.29 is 9.59 Å². The lowest BCUT2D eigenvalue weighted by molar-refractivity contribution is -0.138. The normalized spacial score (nSPS) is 20.8. The molecule has 5 heteroatoms. The van der Waals surface area contributed by atoms with Gasteiger partial charge in [-0.15, -0.1) is 11.3 Å². The number of hydrogen-bond acceptors (Lipinski definition) is 3. The van der Waals surface area contributed by atoms with Gasteiger partial charge in [-0.3, -0.25) is 9.59 Å². The second-order valence-corrected chi connectivity index (χ2v) is 8.81. The smallest absolute Gasteiger partial charge is 0.227 e. The fourth-order valence-corrected chi connectivity index (χ4v) is 5.05. The van der Waals surface area contributed by atoms with Crippen molar-refractivity contribution in [1.82, 2.24) is 9.80 Å². The van der Waals surface area contributed by atoms with E-state index in [0.717, 1.165) is 19.3 Å². The molecule has 4 rings (SSSR count). The van der Waals surface area contributed by atoms with Crippen LogP contribution >= 0.6 is 11.3 Å². The molecule has 28 heavy (non-hydrogen) atoms. The SMILES string of the molecule is CCN1CCN(C(=O)C2CCC2)C[C@@H](Cc2ccccc2-c2cccs2)C1=O. The van der Waals surface area contributed by atoms with Crippen LogP contribution in [-0.4, -0.2) is 47.8 Å². The van der Waals surface area contributed by atoms with Crippen LogP contribution in [0.2, 0.25) is 0 Å². The molecule has 1 atom stereocenters. The first kappa shape index (κ1) is 19.2. The molecule has 2 amide bonds. The van der Waals surface area contributed by atoms with Gasteiger partial charge in [0.15, 0.2) is 0 Å². The van der Waals surface area contributed by atoms with Crippen molar-refractivity contribution in [2.45, 2.75) is 32.6 Å². The summed E-state index contributed by atoms with van der Waals surface area (Å²) in [5, 5.41) is 2.08. The van der Waals surface area contributed by atoms with E-state index >= 15 is 0 Å². The lowest BCUT2D eigenvalue weighted by atomic mass is 9.84. The van der Waals surface area contributed by atoms with Crippen LogP contribution in [0.1, 0.15) is 31.7 Å². The molecule has 1 saturated carbocycles. The second-order valence-electron chi connectivity index (χ2n) is 7.87. The maximum atomic E-state index is 13.2. The Bertz CT molecular complexity index is 829. The highest BCUT2D eigenvalue weighted by molar-refractivity contribution is 7.13. The molecular formula is C23H28N2O2S. The van der Waals surface area contributed by atoms with E-state index < -0.39 is 0 Å². The van der Waals surface area contributed by atoms with Crippen molar-refractivity contribution >= 4 is 23.2 Å². The zero-order chi connectivity index (χ0) is 19.5. The molecule has 2 aliphatic rings. The van der Waals surface area contributed by atoms with Crippen LogP contribution in [0.4, 0.5) is 0 Å². The number of carbonyl (C=O) groups excluding carboxylic acids is 2. The summed E-state index contributed by atoms with van der Waals surface area (Å²) in [6, 6.07) is 12.5. The first-order chi connectivity index (χ1) is 13.7. The topological polar surface area (TPSA) is 40.6 Å². The molecule has 0 spiro atoms. The second kappa shape index (κ2) is 8.48. The molecule has 1 saturated heterocycles. The standard InChI is InChI=1S/C23H28N2O2S/c1-2-24-12-13-25(22(26)17-8-5-9-17)16-19(23(24)27)15-18-7-3-4-10-20(18)21-11-6-14-28-21/h3-4,6-7,10-11,14,17,19H,2,5,8-9,12-13,15-16H2,1H3/t19-/m1/s1. The Kier molecular flexibility index (Phi) is 5.81. The van der Waals surface area contributed by atoms with E-state index in [9.17, 15) is 9.59 Å². The summed E-state index contributed by atoms with van der Waals surface area (Å²) < 4.78 is 0. The van der Waals surface area contributed by atoms with Crippen molar-refractivity contribution in [2.75, 3.05) is 26.2 Å². The van der Waals surface area contributed by atoms with Crippen LogP contribution in [0.15, 0.2) is 41.8 Å². The van der Waals surface area contributed by atoms with Crippen molar-refractivity contribution in [3.8, 4) is 10.4 Å². The monoisotopic (exact) mass is 396 g/mol. The van der Waals surface area contributed by atoms with Crippen molar-refractivity contribution in [3.05, 3.63) is 47.3 Å². The zero-order valence-electron chi connectivity index (χ0n) is 16.5. The molecule has 1 aliphatic carbocycles. The van der Waals surface area contributed by atoms with Gasteiger partial charge in [0.2, 0.25) is 11.8 Å². The third-order valence-electron chi connectivity index (χ3n) is 6.16. The Morgan fingerprint density at radius 3 is 2.64 bits per heavy atom. The molecule has 1 aromatic heterocycles.